The number of nitrogens with zero attached hydrogens (tertiary/aromatic N) is 2. The molecule has 0 N–H and O–H groups in total. The van der Waals surface area contributed by atoms with Crippen LogP contribution in [0.4, 0.5) is 0 Å². The number of para-hydroxylation sites is 1. The number of thiazole rings is 1. The topological polar surface area (TPSA) is 62.1 Å². The first-order valence-electron chi connectivity index (χ1n) is 9.02. The summed E-state index contributed by atoms with van der Waals surface area (Å²) in [4.78, 5) is 18.1. The number of carbonyl (C=O) groups is 1. The number of ether oxygens (including phenoxy) is 3. The second-order valence-corrected chi connectivity index (χ2v) is 7.23. The van der Waals surface area contributed by atoms with Crippen molar-refractivity contribution < 1.29 is 19.0 Å². The second-order valence-electron chi connectivity index (χ2n) is 6.26. The van der Waals surface area contributed by atoms with Gasteiger partial charge in [0.25, 0.3) is 5.91 Å². The highest BCUT2D eigenvalue weighted by atomic mass is 32.1. The minimum absolute atomic E-state index is 0.367. The van der Waals surface area contributed by atoms with Gasteiger partial charge in [0, 0.05) is 6.54 Å². The Bertz CT molecular complexity index is 1080. The molecule has 0 unspecified atom stereocenters. The molecule has 0 saturated carbocycles. The zero-order valence-corrected chi connectivity index (χ0v) is 17.6. The monoisotopic (exact) mass is 400 g/mol. The Morgan fingerprint density at radius 1 is 1.07 bits per heavy atom. The lowest BCUT2D eigenvalue weighted by Crippen LogP contribution is -2.17. The van der Waals surface area contributed by atoms with Gasteiger partial charge in [0.2, 0.25) is 0 Å². The predicted molar refractivity (Wildman–Crippen MR) is 111 cm³/mol. The molecule has 0 atom stereocenters. The first-order chi connectivity index (χ1) is 13.5. The lowest BCUT2D eigenvalue weighted by atomic mass is 10.2. The Labute approximate surface area is 168 Å². The lowest BCUT2D eigenvalue weighted by Gasteiger charge is -2.10. The number of hydrogen-bond donors (Lipinski definition) is 0. The summed E-state index contributed by atoms with van der Waals surface area (Å²) >= 11 is 1.49. The molecule has 0 radical (unpaired) electrons. The molecular weight excluding hydrogens is 376 g/mol. The second kappa shape index (κ2) is 8.48. The first kappa shape index (κ1) is 19.9. The van der Waals surface area contributed by atoms with Gasteiger partial charge in [-0.1, -0.05) is 30.4 Å². The molecule has 3 aromatic rings. The van der Waals surface area contributed by atoms with Gasteiger partial charge in [-0.3, -0.25) is 4.79 Å². The highest BCUT2D eigenvalue weighted by molar-refractivity contribution is 7.16. The number of carbonyl (C=O) groups excluding carboxylic acids is 1. The Morgan fingerprint density at radius 2 is 1.82 bits per heavy atom. The van der Waals surface area contributed by atoms with Crippen LogP contribution in [-0.2, 0) is 6.54 Å². The van der Waals surface area contributed by atoms with Gasteiger partial charge in [-0.05, 0) is 37.1 Å². The van der Waals surface area contributed by atoms with Gasteiger partial charge < -0.3 is 18.8 Å². The van der Waals surface area contributed by atoms with Gasteiger partial charge in [-0.15, -0.1) is 0 Å². The van der Waals surface area contributed by atoms with Crippen molar-refractivity contribution in [1.82, 2.24) is 4.57 Å². The van der Waals surface area contributed by atoms with E-state index in [9.17, 15) is 4.79 Å². The number of amides is 1. The molecule has 0 spiro atoms. The normalized spacial score (nSPS) is 11.7. The maximum Gasteiger partial charge on any atom is 0.283 e. The summed E-state index contributed by atoms with van der Waals surface area (Å²) in [6.07, 6.45) is 0.910. The Balaban J connectivity index is 2.24. The number of fused-ring (bicyclic) bond motifs is 1. The molecule has 7 heteroatoms. The molecule has 1 heterocycles. The summed E-state index contributed by atoms with van der Waals surface area (Å²) in [7, 11) is 4.71. The number of aromatic nitrogens is 1. The van der Waals surface area contributed by atoms with Crippen LogP contribution in [0.1, 0.15) is 29.3 Å². The molecule has 0 fully saturated rings. The zero-order chi connectivity index (χ0) is 20.3. The van der Waals surface area contributed by atoms with Gasteiger partial charge in [-0.25, -0.2) is 0 Å². The van der Waals surface area contributed by atoms with Gasteiger partial charge in [0.05, 0.1) is 31.6 Å². The third-order valence-corrected chi connectivity index (χ3v) is 5.70. The van der Waals surface area contributed by atoms with Gasteiger partial charge >= 0.3 is 0 Å². The van der Waals surface area contributed by atoms with E-state index >= 15 is 0 Å². The SMILES string of the molecule is CCCn1c(=NC(=O)c2cccc(OC)c2OC)sc2c(C)ccc(OC)c21. The van der Waals surface area contributed by atoms with Crippen LogP contribution in [0.5, 0.6) is 17.2 Å². The standard InChI is InChI=1S/C21H24N2O4S/c1-6-12-23-17-15(25-3)11-10-13(2)19(17)28-21(23)22-20(24)14-8-7-9-16(26-4)18(14)27-5/h7-11H,6,12H2,1-5H3. The molecule has 1 amide bonds. The number of hydrogen-bond acceptors (Lipinski definition) is 5. The van der Waals surface area contributed by atoms with E-state index in [0.29, 0.717) is 21.9 Å². The molecule has 0 saturated heterocycles. The Kier molecular flexibility index (Phi) is 6.04. The van der Waals surface area contributed by atoms with Crippen molar-refractivity contribution in [2.75, 3.05) is 21.3 Å². The summed E-state index contributed by atoms with van der Waals surface area (Å²) in [6.45, 7) is 4.88. The summed E-state index contributed by atoms with van der Waals surface area (Å²) < 4.78 is 19.4. The van der Waals surface area contributed by atoms with E-state index < -0.39 is 0 Å². The molecule has 0 bridgehead atoms. The van der Waals surface area contributed by atoms with Crippen molar-refractivity contribution in [3.63, 3.8) is 0 Å². The van der Waals surface area contributed by atoms with Crippen molar-refractivity contribution in [2.24, 2.45) is 4.99 Å². The first-order valence-corrected chi connectivity index (χ1v) is 9.84. The van der Waals surface area contributed by atoms with E-state index in [1.54, 1.807) is 32.4 Å². The van der Waals surface area contributed by atoms with Crippen molar-refractivity contribution in [2.45, 2.75) is 26.8 Å². The van der Waals surface area contributed by atoms with Crippen LogP contribution >= 0.6 is 11.3 Å². The fraction of sp³-hybridized carbons (Fsp3) is 0.333. The van der Waals surface area contributed by atoms with Gasteiger partial charge in [0.15, 0.2) is 16.3 Å². The van der Waals surface area contributed by atoms with E-state index in [1.165, 1.54) is 18.4 Å². The molecule has 0 aliphatic rings. The Morgan fingerprint density at radius 3 is 2.46 bits per heavy atom. The fourth-order valence-electron chi connectivity index (χ4n) is 3.16. The number of benzene rings is 2. The van der Waals surface area contributed by atoms with Crippen LogP contribution in [0.3, 0.4) is 0 Å². The van der Waals surface area contributed by atoms with Crippen molar-refractivity contribution in [3.8, 4) is 17.2 Å². The molecule has 148 valence electrons. The van der Waals surface area contributed by atoms with Crippen LogP contribution in [-0.4, -0.2) is 31.8 Å². The Hall–Kier alpha value is -2.80. The number of aryl methyl sites for hydroxylation is 2. The maximum absolute atomic E-state index is 13.0. The summed E-state index contributed by atoms with van der Waals surface area (Å²) in [5, 5.41) is 0. The largest absolute Gasteiger partial charge is 0.495 e. The molecular formula is C21H24N2O4S. The third kappa shape index (κ3) is 3.49. The lowest BCUT2D eigenvalue weighted by molar-refractivity contribution is 0.0994. The van der Waals surface area contributed by atoms with Crippen LogP contribution in [0.25, 0.3) is 10.2 Å². The van der Waals surface area contributed by atoms with Crippen molar-refractivity contribution in [1.29, 1.82) is 0 Å². The molecule has 28 heavy (non-hydrogen) atoms. The van der Waals surface area contributed by atoms with Crippen molar-refractivity contribution >= 4 is 27.5 Å². The number of rotatable bonds is 6. The van der Waals surface area contributed by atoms with E-state index in [4.69, 9.17) is 14.2 Å². The van der Waals surface area contributed by atoms with E-state index in [-0.39, 0.29) is 5.91 Å². The third-order valence-electron chi connectivity index (χ3n) is 4.48. The number of methoxy groups -OCH3 is 3. The average molecular weight is 401 g/mol. The zero-order valence-electron chi connectivity index (χ0n) is 16.7. The van der Waals surface area contributed by atoms with Crippen LogP contribution < -0.4 is 19.0 Å². The molecule has 3 rings (SSSR count). The van der Waals surface area contributed by atoms with Gasteiger partial charge in [0.1, 0.15) is 11.3 Å². The van der Waals surface area contributed by atoms with Crippen LogP contribution in [0, 0.1) is 6.92 Å². The van der Waals surface area contributed by atoms with Crippen molar-refractivity contribution in [3.05, 3.63) is 46.3 Å². The molecule has 0 aliphatic carbocycles. The minimum Gasteiger partial charge on any atom is -0.495 e. The smallest absolute Gasteiger partial charge is 0.283 e. The molecule has 6 nitrogen and oxygen atoms in total. The molecule has 0 aliphatic heterocycles. The summed E-state index contributed by atoms with van der Waals surface area (Å²) in [6, 6.07) is 9.16. The average Bonchev–Trinajstić information content (AvgIpc) is 3.07. The van der Waals surface area contributed by atoms with E-state index in [1.807, 2.05) is 19.1 Å². The quantitative estimate of drug-likeness (QED) is 0.622. The van der Waals surface area contributed by atoms with Crippen LogP contribution in [0.15, 0.2) is 35.3 Å². The predicted octanol–water partition coefficient (Wildman–Crippen LogP) is 4.19. The molecule has 2 aromatic carbocycles. The molecule has 1 aromatic heterocycles. The van der Waals surface area contributed by atoms with Crippen LogP contribution in [0.2, 0.25) is 0 Å². The fourth-order valence-corrected chi connectivity index (χ4v) is 4.30. The van der Waals surface area contributed by atoms with E-state index in [2.05, 4.69) is 16.5 Å². The maximum atomic E-state index is 13.0. The highest BCUT2D eigenvalue weighted by Crippen LogP contribution is 2.32. The summed E-state index contributed by atoms with van der Waals surface area (Å²) in [5.74, 6) is 1.29. The van der Waals surface area contributed by atoms with Gasteiger partial charge in [-0.2, -0.15) is 4.99 Å². The minimum atomic E-state index is -0.372. The highest BCUT2D eigenvalue weighted by Gasteiger charge is 2.18. The summed E-state index contributed by atoms with van der Waals surface area (Å²) in [5.41, 5.74) is 2.46. The van der Waals surface area contributed by atoms with E-state index in [0.717, 1.165) is 34.5 Å².